The number of nitrogens with one attached hydrogen (secondary N) is 1. The highest BCUT2D eigenvalue weighted by Gasteiger charge is 2.71. The standard InChI is InChI=1S/C17H14F6N2O2/c1-9-6-12(15(27,16(18,19)20)17(21,22)23)7-10(2)13(9)25-14(26)11-4-3-5-24-8-11/h3-8,27H,1-2H3,(H,25,26). The molecule has 0 spiro atoms. The van der Waals surface area contributed by atoms with E-state index in [0.717, 1.165) is 0 Å². The number of carbonyl (C=O) groups is 1. The predicted molar refractivity (Wildman–Crippen MR) is 84.1 cm³/mol. The van der Waals surface area contributed by atoms with E-state index >= 15 is 0 Å². The molecule has 0 saturated carbocycles. The van der Waals surface area contributed by atoms with Gasteiger partial charge in [-0.3, -0.25) is 9.78 Å². The molecule has 0 radical (unpaired) electrons. The Balaban J connectivity index is 2.49. The molecule has 0 aliphatic heterocycles. The van der Waals surface area contributed by atoms with E-state index in [0.29, 0.717) is 12.1 Å². The van der Waals surface area contributed by atoms with Crippen LogP contribution in [-0.2, 0) is 5.60 Å². The molecule has 0 aliphatic carbocycles. The average Bonchev–Trinajstić information content (AvgIpc) is 2.55. The molecule has 1 aromatic carbocycles. The van der Waals surface area contributed by atoms with E-state index in [1.165, 1.54) is 38.4 Å². The molecule has 10 heteroatoms. The lowest BCUT2D eigenvalue weighted by Gasteiger charge is -2.33. The summed E-state index contributed by atoms with van der Waals surface area (Å²) in [6.07, 6.45) is -9.28. The molecule has 1 heterocycles. The molecule has 146 valence electrons. The molecule has 4 nitrogen and oxygen atoms in total. The molecule has 1 amide bonds. The zero-order chi connectivity index (χ0) is 20.6. The van der Waals surface area contributed by atoms with Crippen molar-refractivity contribution in [3.63, 3.8) is 0 Å². The van der Waals surface area contributed by atoms with Gasteiger partial charge in [0.05, 0.1) is 5.56 Å². The van der Waals surface area contributed by atoms with E-state index in [9.17, 15) is 36.2 Å². The van der Waals surface area contributed by atoms with Gasteiger partial charge in [0.1, 0.15) is 0 Å². The van der Waals surface area contributed by atoms with Crippen molar-refractivity contribution in [3.8, 4) is 0 Å². The first-order valence-electron chi connectivity index (χ1n) is 7.48. The van der Waals surface area contributed by atoms with Crippen LogP contribution in [0.4, 0.5) is 32.0 Å². The lowest BCUT2D eigenvalue weighted by molar-refractivity contribution is -0.376. The first kappa shape index (κ1) is 20.7. The maximum atomic E-state index is 13.0. The van der Waals surface area contributed by atoms with Gasteiger partial charge in [0, 0.05) is 23.6 Å². The number of aliphatic hydroxyl groups is 1. The van der Waals surface area contributed by atoms with Crippen molar-refractivity contribution in [2.45, 2.75) is 31.8 Å². The van der Waals surface area contributed by atoms with Gasteiger partial charge in [-0.2, -0.15) is 26.3 Å². The molecule has 2 N–H and O–H groups in total. The lowest BCUT2D eigenvalue weighted by Crippen LogP contribution is -2.54. The molecule has 1 aromatic heterocycles. The molecule has 0 saturated heterocycles. The van der Waals surface area contributed by atoms with E-state index in [1.54, 1.807) is 0 Å². The normalized spacial score (nSPS) is 12.8. The van der Waals surface area contributed by atoms with Crippen LogP contribution in [-0.4, -0.2) is 28.4 Å². The zero-order valence-electron chi connectivity index (χ0n) is 14.0. The highest BCUT2D eigenvalue weighted by atomic mass is 19.4. The molecule has 0 unspecified atom stereocenters. The zero-order valence-corrected chi connectivity index (χ0v) is 14.0. The number of benzene rings is 1. The van der Waals surface area contributed by atoms with Crippen LogP contribution in [0, 0.1) is 13.8 Å². The van der Waals surface area contributed by atoms with Crippen molar-refractivity contribution in [2.24, 2.45) is 0 Å². The fourth-order valence-corrected chi connectivity index (χ4v) is 2.54. The van der Waals surface area contributed by atoms with Crippen molar-refractivity contribution in [3.05, 3.63) is 58.9 Å². The smallest absolute Gasteiger partial charge is 0.369 e. The minimum Gasteiger partial charge on any atom is -0.369 e. The second-order valence-electron chi connectivity index (χ2n) is 5.89. The topological polar surface area (TPSA) is 62.2 Å². The lowest BCUT2D eigenvalue weighted by atomic mass is 9.89. The minimum atomic E-state index is -5.98. The van der Waals surface area contributed by atoms with Crippen molar-refractivity contribution in [1.29, 1.82) is 0 Å². The second kappa shape index (κ2) is 6.84. The molecule has 0 fully saturated rings. The summed E-state index contributed by atoms with van der Waals surface area (Å²) in [7, 11) is 0. The van der Waals surface area contributed by atoms with E-state index in [1.807, 2.05) is 0 Å². The van der Waals surface area contributed by atoms with E-state index < -0.39 is 29.4 Å². The summed E-state index contributed by atoms with van der Waals surface area (Å²) in [6.45, 7) is 2.45. The number of alkyl halides is 6. The fourth-order valence-electron chi connectivity index (χ4n) is 2.54. The van der Waals surface area contributed by atoms with Crippen LogP contribution in [0.25, 0.3) is 0 Å². The Kier molecular flexibility index (Phi) is 5.24. The maximum Gasteiger partial charge on any atom is 0.430 e. The summed E-state index contributed by atoms with van der Waals surface area (Å²) in [4.78, 5) is 15.9. The van der Waals surface area contributed by atoms with E-state index in [-0.39, 0.29) is 22.4 Å². The number of hydrogen-bond donors (Lipinski definition) is 2. The summed E-state index contributed by atoms with van der Waals surface area (Å²) in [6, 6.07) is 4.03. The van der Waals surface area contributed by atoms with Gasteiger partial charge >= 0.3 is 12.4 Å². The molecular weight excluding hydrogens is 378 g/mol. The first-order chi connectivity index (χ1) is 12.3. The SMILES string of the molecule is Cc1cc(C(O)(C(F)(F)F)C(F)(F)F)cc(C)c1NC(=O)c1cccnc1. The Labute approximate surface area is 149 Å². The van der Waals surface area contributed by atoms with E-state index in [2.05, 4.69) is 10.3 Å². The summed E-state index contributed by atoms with van der Waals surface area (Å²) in [5.74, 6) is -0.635. The Morgan fingerprint density at radius 3 is 1.96 bits per heavy atom. The molecule has 27 heavy (non-hydrogen) atoms. The number of aryl methyl sites for hydroxylation is 2. The summed E-state index contributed by atoms with van der Waals surface area (Å²) >= 11 is 0. The van der Waals surface area contributed by atoms with Crippen molar-refractivity contribution in [1.82, 2.24) is 4.98 Å². The van der Waals surface area contributed by atoms with Crippen LogP contribution < -0.4 is 5.32 Å². The van der Waals surface area contributed by atoms with Crippen LogP contribution in [0.2, 0.25) is 0 Å². The Morgan fingerprint density at radius 2 is 1.56 bits per heavy atom. The number of pyridine rings is 1. The number of nitrogens with zero attached hydrogens (tertiary/aromatic N) is 1. The van der Waals surface area contributed by atoms with Gasteiger partial charge < -0.3 is 10.4 Å². The molecule has 2 aromatic rings. The van der Waals surface area contributed by atoms with Gasteiger partial charge in [0.2, 0.25) is 0 Å². The number of rotatable bonds is 3. The predicted octanol–water partition coefficient (Wildman–Crippen LogP) is 4.26. The molecule has 0 aliphatic rings. The van der Waals surface area contributed by atoms with Crippen molar-refractivity contribution in [2.75, 3.05) is 5.32 Å². The molecular formula is C17H14F6N2O2. The number of hydrogen-bond acceptors (Lipinski definition) is 3. The maximum absolute atomic E-state index is 13.0. The number of carbonyl (C=O) groups excluding carboxylic acids is 1. The van der Waals surface area contributed by atoms with Gasteiger partial charge in [0.15, 0.2) is 0 Å². The number of halogens is 6. The monoisotopic (exact) mass is 392 g/mol. The summed E-state index contributed by atoms with van der Waals surface area (Å²) in [5, 5.41) is 11.9. The van der Waals surface area contributed by atoms with Crippen molar-refractivity contribution < 1.29 is 36.2 Å². The first-order valence-corrected chi connectivity index (χ1v) is 7.48. The van der Waals surface area contributed by atoms with E-state index in [4.69, 9.17) is 0 Å². The number of amides is 1. The highest BCUT2D eigenvalue weighted by molar-refractivity contribution is 6.04. The van der Waals surface area contributed by atoms with Crippen LogP contribution in [0.1, 0.15) is 27.0 Å². The van der Waals surface area contributed by atoms with Crippen LogP contribution in [0.3, 0.4) is 0 Å². The summed E-state index contributed by atoms with van der Waals surface area (Å²) < 4.78 is 78.2. The van der Waals surface area contributed by atoms with Crippen LogP contribution in [0.5, 0.6) is 0 Å². The average molecular weight is 392 g/mol. The van der Waals surface area contributed by atoms with Gasteiger partial charge in [-0.15, -0.1) is 0 Å². The Morgan fingerprint density at radius 1 is 1.04 bits per heavy atom. The van der Waals surface area contributed by atoms with Gasteiger partial charge in [-0.05, 0) is 37.1 Å². The quantitative estimate of drug-likeness (QED) is 0.768. The van der Waals surface area contributed by atoms with Gasteiger partial charge in [-0.1, -0.05) is 12.1 Å². The van der Waals surface area contributed by atoms with Crippen LogP contribution >= 0.6 is 0 Å². The third-order valence-corrected chi connectivity index (χ3v) is 3.93. The molecule has 0 atom stereocenters. The second-order valence-corrected chi connectivity index (χ2v) is 5.89. The minimum absolute atomic E-state index is 0.0410. The fraction of sp³-hybridized carbons (Fsp3) is 0.294. The third-order valence-electron chi connectivity index (χ3n) is 3.93. The summed E-state index contributed by atoms with van der Waals surface area (Å²) in [5.41, 5.74) is -6.36. The molecule has 0 bridgehead atoms. The number of aromatic nitrogens is 1. The van der Waals surface area contributed by atoms with Gasteiger partial charge in [0.25, 0.3) is 11.5 Å². The largest absolute Gasteiger partial charge is 0.430 e. The third kappa shape index (κ3) is 3.75. The van der Waals surface area contributed by atoms with Gasteiger partial charge in [-0.25, -0.2) is 0 Å². The highest BCUT2D eigenvalue weighted by Crippen LogP contribution is 2.50. The Bertz CT molecular complexity index is 810. The number of anilines is 1. The Hall–Kier alpha value is -2.62. The molecule has 2 rings (SSSR count). The van der Waals surface area contributed by atoms with Crippen LogP contribution in [0.15, 0.2) is 36.7 Å². The van der Waals surface area contributed by atoms with Crippen molar-refractivity contribution >= 4 is 11.6 Å².